The zero-order valence-electron chi connectivity index (χ0n) is 11.5. The molecule has 2 aromatic heterocycles. The minimum Gasteiger partial charge on any atom is -0.384 e. The molecule has 0 aliphatic carbocycles. The molecule has 5 heteroatoms. The standard InChI is InChI=1S/C13H19N5/c1-8-6-9(2)18(17-8)11-7-10(14)15-12(16-11)13(3,4)5/h6-7H,1-5H3,(H2,14,15,16). The number of nitrogen functional groups attached to an aromatic ring is 1. The van der Waals surface area contributed by atoms with E-state index in [1.807, 2.05) is 19.9 Å². The van der Waals surface area contributed by atoms with Gasteiger partial charge in [-0.05, 0) is 19.9 Å². The van der Waals surface area contributed by atoms with Crippen LogP contribution in [-0.4, -0.2) is 19.7 Å². The zero-order valence-corrected chi connectivity index (χ0v) is 11.5. The predicted molar refractivity (Wildman–Crippen MR) is 71.7 cm³/mol. The lowest BCUT2D eigenvalue weighted by molar-refractivity contribution is 0.542. The van der Waals surface area contributed by atoms with Crippen molar-refractivity contribution in [3.05, 3.63) is 29.3 Å². The van der Waals surface area contributed by atoms with E-state index in [0.29, 0.717) is 5.82 Å². The Morgan fingerprint density at radius 1 is 1.11 bits per heavy atom. The van der Waals surface area contributed by atoms with Gasteiger partial charge in [0.25, 0.3) is 0 Å². The number of aryl methyl sites for hydroxylation is 2. The Balaban J connectivity index is 2.59. The summed E-state index contributed by atoms with van der Waals surface area (Å²) in [6, 6.07) is 3.75. The Bertz CT molecular complexity index is 578. The minimum atomic E-state index is -0.139. The summed E-state index contributed by atoms with van der Waals surface area (Å²) in [6.45, 7) is 10.1. The molecule has 18 heavy (non-hydrogen) atoms. The van der Waals surface area contributed by atoms with Gasteiger partial charge in [0, 0.05) is 17.2 Å². The van der Waals surface area contributed by atoms with Crippen LogP contribution in [0.15, 0.2) is 12.1 Å². The van der Waals surface area contributed by atoms with Crippen molar-refractivity contribution in [2.75, 3.05) is 5.73 Å². The largest absolute Gasteiger partial charge is 0.384 e. The van der Waals surface area contributed by atoms with Crippen LogP contribution in [-0.2, 0) is 5.41 Å². The van der Waals surface area contributed by atoms with Crippen LogP contribution in [0, 0.1) is 13.8 Å². The second-order valence-electron chi connectivity index (χ2n) is 5.56. The molecule has 0 spiro atoms. The third-order valence-electron chi connectivity index (χ3n) is 2.63. The Morgan fingerprint density at radius 2 is 1.78 bits per heavy atom. The first-order valence-corrected chi connectivity index (χ1v) is 5.96. The fourth-order valence-electron chi connectivity index (χ4n) is 1.76. The van der Waals surface area contributed by atoms with Gasteiger partial charge in [-0.1, -0.05) is 20.8 Å². The van der Waals surface area contributed by atoms with Gasteiger partial charge >= 0.3 is 0 Å². The second kappa shape index (κ2) is 4.08. The Morgan fingerprint density at radius 3 is 2.28 bits per heavy atom. The van der Waals surface area contributed by atoms with Crippen LogP contribution >= 0.6 is 0 Å². The van der Waals surface area contributed by atoms with Gasteiger partial charge in [-0.15, -0.1) is 0 Å². The number of hydrogen-bond acceptors (Lipinski definition) is 4. The first kappa shape index (κ1) is 12.5. The number of rotatable bonds is 1. The summed E-state index contributed by atoms with van der Waals surface area (Å²) in [5.74, 6) is 1.92. The Labute approximate surface area is 107 Å². The maximum atomic E-state index is 5.86. The van der Waals surface area contributed by atoms with Gasteiger partial charge in [0.2, 0.25) is 0 Å². The van der Waals surface area contributed by atoms with Crippen LogP contribution < -0.4 is 5.73 Å². The van der Waals surface area contributed by atoms with E-state index in [9.17, 15) is 0 Å². The molecule has 0 fully saturated rings. The normalized spacial score (nSPS) is 11.8. The molecule has 96 valence electrons. The first-order valence-electron chi connectivity index (χ1n) is 5.96. The monoisotopic (exact) mass is 245 g/mol. The van der Waals surface area contributed by atoms with Gasteiger partial charge in [0.1, 0.15) is 11.6 Å². The van der Waals surface area contributed by atoms with Crippen LogP contribution in [0.3, 0.4) is 0 Å². The lowest BCUT2D eigenvalue weighted by Crippen LogP contribution is -2.19. The van der Waals surface area contributed by atoms with E-state index in [4.69, 9.17) is 5.73 Å². The van der Waals surface area contributed by atoms with E-state index in [1.165, 1.54) is 0 Å². The molecule has 2 aromatic rings. The van der Waals surface area contributed by atoms with E-state index < -0.39 is 0 Å². The second-order valence-corrected chi connectivity index (χ2v) is 5.56. The maximum absolute atomic E-state index is 5.86. The zero-order chi connectivity index (χ0) is 13.5. The lowest BCUT2D eigenvalue weighted by Gasteiger charge is -2.17. The molecule has 0 unspecified atom stereocenters. The third kappa shape index (κ3) is 2.34. The Kier molecular flexibility index (Phi) is 2.84. The van der Waals surface area contributed by atoms with Crippen molar-refractivity contribution in [1.29, 1.82) is 0 Å². The van der Waals surface area contributed by atoms with Gasteiger partial charge in [-0.2, -0.15) is 5.10 Å². The van der Waals surface area contributed by atoms with Gasteiger partial charge in [0.05, 0.1) is 5.69 Å². The minimum absolute atomic E-state index is 0.139. The summed E-state index contributed by atoms with van der Waals surface area (Å²) in [5.41, 5.74) is 7.71. The third-order valence-corrected chi connectivity index (χ3v) is 2.63. The number of hydrogen-bond donors (Lipinski definition) is 1. The average molecular weight is 245 g/mol. The molecular formula is C13H19N5. The SMILES string of the molecule is Cc1cc(C)n(-c2cc(N)nc(C(C)(C)C)n2)n1. The smallest absolute Gasteiger partial charge is 0.159 e. The van der Waals surface area contributed by atoms with Crippen molar-refractivity contribution < 1.29 is 0 Å². The molecule has 0 aromatic carbocycles. The van der Waals surface area contributed by atoms with Gasteiger partial charge in [-0.25, -0.2) is 14.6 Å². The fraction of sp³-hybridized carbons (Fsp3) is 0.462. The molecule has 0 bridgehead atoms. The van der Waals surface area contributed by atoms with Crippen molar-refractivity contribution in [3.63, 3.8) is 0 Å². The highest BCUT2D eigenvalue weighted by atomic mass is 15.3. The summed E-state index contributed by atoms with van der Waals surface area (Å²) in [5, 5.41) is 4.42. The van der Waals surface area contributed by atoms with E-state index in [-0.39, 0.29) is 5.41 Å². The molecule has 0 saturated carbocycles. The molecule has 0 aliphatic heterocycles. The van der Waals surface area contributed by atoms with Gasteiger partial charge in [-0.3, -0.25) is 0 Å². The summed E-state index contributed by atoms with van der Waals surface area (Å²) in [4.78, 5) is 8.85. The molecule has 0 saturated heterocycles. The van der Waals surface area contributed by atoms with E-state index >= 15 is 0 Å². The van der Waals surface area contributed by atoms with Crippen LogP contribution in [0.2, 0.25) is 0 Å². The predicted octanol–water partition coefficient (Wildman–Crippen LogP) is 2.16. The summed E-state index contributed by atoms with van der Waals surface area (Å²) >= 11 is 0. The van der Waals surface area contributed by atoms with E-state index in [1.54, 1.807) is 10.7 Å². The van der Waals surface area contributed by atoms with Crippen LogP contribution in [0.1, 0.15) is 38.0 Å². The highest BCUT2D eigenvalue weighted by molar-refractivity contribution is 5.39. The average Bonchev–Trinajstić information content (AvgIpc) is 2.55. The van der Waals surface area contributed by atoms with Crippen LogP contribution in [0.25, 0.3) is 5.82 Å². The number of anilines is 1. The molecule has 2 rings (SSSR count). The van der Waals surface area contributed by atoms with Gasteiger partial charge < -0.3 is 5.73 Å². The van der Waals surface area contributed by atoms with Crippen molar-refractivity contribution >= 4 is 5.82 Å². The molecule has 5 nitrogen and oxygen atoms in total. The molecule has 2 heterocycles. The fourth-order valence-corrected chi connectivity index (χ4v) is 1.76. The number of nitrogens with two attached hydrogens (primary N) is 1. The molecule has 0 aliphatic rings. The van der Waals surface area contributed by atoms with Gasteiger partial charge in [0.15, 0.2) is 5.82 Å². The lowest BCUT2D eigenvalue weighted by atomic mass is 9.96. The van der Waals surface area contributed by atoms with E-state index in [2.05, 4.69) is 35.8 Å². The first-order chi connectivity index (χ1) is 8.27. The molecule has 0 radical (unpaired) electrons. The van der Waals surface area contributed by atoms with Crippen LogP contribution in [0.4, 0.5) is 5.82 Å². The maximum Gasteiger partial charge on any atom is 0.159 e. The quantitative estimate of drug-likeness (QED) is 0.835. The summed E-state index contributed by atoms with van der Waals surface area (Å²) in [6.07, 6.45) is 0. The van der Waals surface area contributed by atoms with Crippen molar-refractivity contribution in [2.45, 2.75) is 40.0 Å². The van der Waals surface area contributed by atoms with Crippen LogP contribution in [0.5, 0.6) is 0 Å². The highest BCUT2D eigenvalue weighted by Gasteiger charge is 2.19. The Hall–Kier alpha value is -1.91. The van der Waals surface area contributed by atoms with E-state index in [0.717, 1.165) is 23.0 Å². The van der Waals surface area contributed by atoms with Crippen molar-refractivity contribution in [2.24, 2.45) is 0 Å². The summed E-state index contributed by atoms with van der Waals surface area (Å²) in [7, 11) is 0. The van der Waals surface area contributed by atoms with Crippen molar-refractivity contribution in [1.82, 2.24) is 19.7 Å². The number of aromatic nitrogens is 4. The molecular weight excluding hydrogens is 226 g/mol. The van der Waals surface area contributed by atoms with Crippen molar-refractivity contribution in [3.8, 4) is 5.82 Å². The molecule has 0 atom stereocenters. The topological polar surface area (TPSA) is 69.6 Å². The summed E-state index contributed by atoms with van der Waals surface area (Å²) < 4.78 is 1.79. The highest BCUT2D eigenvalue weighted by Crippen LogP contribution is 2.21. The molecule has 0 amide bonds. The molecule has 2 N–H and O–H groups in total. The number of nitrogens with zero attached hydrogens (tertiary/aromatic N) is 4.